The third-order valence-corrected chi connectivity index (χ3v) is 8.27. The Hall–Kier alpha value is -3.07. The lowest BCUT2D eigenvalue weighted by atomic mass is 10.0. The number of nitrogens with zero attached hydrogens (tertiary/aromatic N) is 2. The van der Waals surface area contributed by atoms with E-state index in [2.05, 4.69) is 5.32 Å². The molecular formula is C31H37Cl2N3O4S. The second kappa shape index (κ2) is 13.3. The molecule has 0 radical (unpaired) electrons. The molecule has 3 aromatic rings. The third kappa shape index (κ3) is 9.21. The number of halogens is 2. The van der Waals surface area contributed by atoms with Crippen LogP contribution >= 0.6 is 23.2 Å². The molecule has 1 N–H and O–H groups in total. The molecule has 0 saturated heterocycles. The zero-order valence-corrected chi connectivity index (χ0v) is 26.6. The van der Waals surface area contributed by atoms with E-state index in [-0.39, 0.29) is 18.9 Å². The summed E-state index contributed by atoms with van der Waals surface area (Å²) in [5, 5.41) is 3.67. The van der Waals surface area contributed by atoms with Gasteiger partial charge in [-0.25, -0.2) is 8.42 Å². The molecule has 0 aromatic heterocycles. The lowest BCUT2D eigenvalue weighted by molar-refractivity contribution is -0.140. The van der Waals surface area contributed by atoms with Crippen LogP contribution in [0.2, 0.25) is 10.0 Å². The van der Waals surface area contributed by atoms with Crippen molar-refractivity contribution in [2.75, 3.05) is 17.1 Å². The quantitative estimate of drug-likeness (QED) is 0.305. The van der Waals surface area contributed by atoms with Crippen LogP contribution in [0.3, 0.4) is 0 Å². The van der Waals surface area contributed by atoms with Crippen LogP contribution in [0.4, 0.5) is 5.69 Å². The maximum absolute atomic E-state index is 14.2. The van der Waals surface area contributed by atoms with E-state index in [0.717, 1.165) is 21.7 Å². The Morgan fingerprint density at radius 1 is 0.902 bits per heavy atom. The second-order valence-electron chi connectivity index (χ2n) is 11.3. The molecule has 0 fully saturated rings. The van der Waals surface area contributed by atoms with Crippen molar-refractivity contribution in [3.8, 4) is 0 Å². The molecule has 10 heteroatoms. The standard InChI is InChI=1S/C31H37Cl2N3O4S/c1-21-12-15-27(22(2)16-21)36(41(6,39)40)20-29(37)35(19-24-13-14-25(32)26(33)17-24)28(30(38)34-31(3,4)5)18-23-10-8-7-9-11-23/h7-17,28H,18-20H2,1-6H3,(H,34,38). The number of nitrogens with one attached hydrogen (secondary N) is 1. The highest BCUT2D eigenvalue weighted by Crippen LogP contribution is 2.27. The monoisotopic (exact) mass is 617 g/mol. The van der Waals surface area contributed by atoms with E-state index < -0.39 is 34.1 Å². The number of carbonyl (C=O) groups excluding carboxylic acids is 2. The predicted octanol–water partition coefficient (Wildman–Crippen LogP) is 5.93. The van der Waals surface area contributed by atoms with Gasteiger partial charge in [0.05, 0.1) is 22.0 Å². The molecule has 0 spiro atoms. The molecule has 0 aliphatic rings. The highest BCUT2D eigenvalue weighted by molar-refractivity contribution is 7.92. The van der Waals surface area contributed by atoms with Crippen molar-refractivity contribution in [2.45, 2.75) is 59.2 Å². The van der Waals surface area contributed by atoms with E-state index in [4.69, 9.17) is 23.2 Å². The van der Waals surface area contributed by atoms with E-state index >= 15 is 0 Å². The first kappa shape index (κ1) is 32.4. The van der Waals surface area contributed by atoms with E-state index in [1.165, 1.54) is 4.90 Å². The molecule has 3 aromatic carbocycles. The molecule has 220 valence electrons. The smallest absolute Gasteiger partial charge is 0.244 e. The summed E-state index contributed by atoms with van der Waals surface area (Å²) >= 11 is 12.4. The maximum Gasteiger partial charge on any atom is 0.244 e. The number of sulfonamides is 1. The van der Waals surface area contributed by atoms with Gasteiger partial charge in [-0.15, -0.1) is 0 Å². The van der Waals surface area contributed by atoms with E-state index in [9.17, 15) is 18.0 Å². The van der Waals surface area contributed by atoms with Gasteiger partial charge in [0.1, 0.15) is 12.6 Å². The molecule has 0 heterocycles. The number of hydrogen-bond acceptors (Lipinski definition) is 4. The van der Waals surface area contributed by atoms with Gasteiger partial charge in [-0.05, 0) is 69.5 Å². The number of amides is 2. The van der Waals surface area contributed by atoms with Gasteiger partial charge in [-0.1, -0.05) is 77.3 Å². The molecule has 1 unspecified atom stereocenters. The average Bonchev–Trinajstić information content (AvgIpc) is 2.86. The van der Waals surface area contributed by atoms with Crippen molar-refractivity contribution >= 4 is 50.7 Å². The number of anilines is 1. The van der Waals surface area contributed by atoms with Gasteiger partial charge in [0, 0.05) is 18.5 Å². The van der Waals surface area contributed by atoms with Crippen molar-refractivity contribution < 1.29 is 18.0 Å². The molecule has 0 saturated carbocycles. The number of benzene rings is 3. The molecule has 0 aliphatic carbocycles. The van der Waals surface area contributed by atoms with E-state index in [1.54, 1.807) is 37.3 Å². The molecule has 0 aliphatic heterocycles. The Bertz CT molecular complexity index is 1510. The third-order valence-electron chi connectivity index (χ3n) is 6.41. The predicted molar refractivity (Wildman–Crippen MR) is 167 cm³/mol. The van der Waals surface area contributed by atoms with Crippen LogP contribution in [0.1, 0.15) is 43.0 Å². The van der Waals surface area contributed by atoms with E-state index in [0.29, 0.717) is 26.9 Å². The molecule has 3 rings (SSSR count). The first-order chi connectivity index (χ1) is 19.0. The number of carbonyl (C=O) groups is 2. The molecular weight excluding hydrogens is 581 g/mol. The van der Waals surface area contributed by atoms with Crippen molar-refractivity contribution in [1.29, 1.82) is 0 Å². The first-order valence-electron chi connectivity index (χ1n) is 13.2. The highest BCUT2D eigenvalue weighted by atomic mass is 35.5. The van der Waals surface area contributed by atoms with Crippen LogP contribution in [-0.2, 0) is 32.6 Å². The van der Waals surface area contributed by atoms with Crippen LogP contribution in [0.25, 0.3) is 0 Å². The Morgan fingerprint density at radius 2 is 1.56 bits per heavy atom. The SMILES string of the molecule is Cc1ccc(N(CC(=O)N(Cc2ccc(Cl)c(Cl)c2)C(Cc2ccccc2)C(=O)NC(C)(C)C)S(C)(=O)=O)c(C)c1. The van der Waals surface area contributed by atoms with Gasteiger partial charge >= 0.3 is 0 Å². The summed E-state index contributed by atoms with van der Waals surface area (Å²) < 4.78 is 27.1. The largest absolute Gasteiger partial charge is 0.350 e. The van der Waals surface area contributed by atoms with Crippen molar-refractivity contribution in [3.63, 3.8) is 0 Å². The lowest BCUT2D eigenvalue weighted by Gasteiger charge is -2.35. The van der Waals surface area contributed by atoms with Gasteiger partial charge in [-0.3, -0.25) is 13.9 Å². The lowest BCUT2D eigenvalue weighted by Crippen LogP contribution is -2.56. The molecule has 2 amide bonds. The summed E-state index contributed by atoms with van der Waals surface area (Å²) in [6, 6.07) is 18.8. The molecule has 41 heavy (non-hydrogen) atoms. The summed E-state index contributed by atoms with van der Waals surface area (Å²) in [4.78, 5) is 29.4. The highest BCUT2D eigenvalue weighted by Gasteiger charge is 2.34. The zero-order chi connectivity index (χ0) is 30.5. The van der Waals surface area contributed by atoms with Gasteiger partial charge in [0.25, 0.3) is 0 Å². The van der Waals surface area contributed by atoms with E-state index in [1.807, 2.05) is 64.1 Å². The van der Waals surface area contributed by atoms with Crippen molar-refractivity contribution in [3.05, 3.63) is 99.0 Å². The Kier molecular flexibility index (Phi) is 10.5. The molecule has 1 atom stereocenters. The number of rotatable bonds is 10. The Morgan fingerprint density at radius 3 is 2.12 bits per heavy atom. The topological polar surface area (TPSA) is 86.8 Å². The van der Waals surface area contributed by atoms with Crippen LogP contribution < -0.4 is 9.62 Å². The van der Waals surface area contributed by atoms with Crippen LogP contribution in [0.15, 0.2) is 66.7 Å². The maximum atomic E-state index is 14.2. The Labute approximate surface area is 253 Å². The minimum absolute atomic E-state index is 0.00919. The number of hydrogen-bond donors (Lipinski definition) is 1. The summed E-state index contributed by atoms with van der Waals surface area (Å²) in [6.07, 6.45) is 1.29. The molecule has 0 bridgehead atoms. The van der Waals surface area contributed by atoms with Gasteiger partial charge < -0.3 is 10.2 Å². The summed E-state index contributed by atoms with van der Waals surface area (Å²) in [7, 11) is -3.85. The summed E-state index contributed by atoms with van der Waals surface area (Å²) in [6.45, 7) is 8.82. The minimum Gasteiger partial charge on any atom is -0.350 e. The van der Waals surface area contributed by atoms with Crippen LogP contribution in [-0.4, -0.2) is 49.5 Å². The van der Waals surface area contributed by atoms with Crippen LogP contribution in [0.5, 0.6) is 0 Å². The van der Waals surface area contributed by atoms with Gasteiger partial charge in [0.15, 0.2) is 0 Å². The van der Waals surface area contributed by atoms with Crippen molar-refractivity contribution in [1.82, 2.24) is 10.2 Å². The fourth-order valence-electron chi connectivity index (χ4n) is 4.52. The fourth-order valence-corrected chi connectivity index (χ4v) is 5.75. The minimum atomic E-state index is -3.85. The molecule has 7 nitrogen and oxygen atoms in total. The van der Waals surface area contributed by atoms with Crippen LogP contribution in [0, 0.1) is 13.8 Å². The number of aryl methyl sites for hydroxylation is 2. The van der Waals surface area contributed by atoms with Crippen molar-refractivity contribution in [2.24, 2.45) is 0 Å². The van der Waals surface area contributed by atoms with Gasteiger partial charge in [0.2, 0.25) is 21.8 Å². The summed E-state index contributed by atoms with van der Waals surface area (Å²) in [5.41, 5.74) is 3.01. The fraction of sp³-hybridized carbons (Fsp3) is 0.355. The average molecular weight is 619 g/mol. The first-order valence-corrected chi connectivity index (χ1v) is 15.8. The zero-order valence-electron chi connectivity index (χ0n) is 24.2. The second-order valence-corrected chi connectivity index (χ2v) is 14.0. The van der Waals surface area contributed by atoms with Gasteiger partial charge in [-0.2, -0.15) is 0 Å². The summed E-state index contributed by atoms with van der Waals surface area (Å²) in [5.74, 6) is -0.890. The normalized spacial score (nSPS) is 12.5. The Balaban J connectivity index is 2.11.